The number of rotatable bonds is 5. The summed E-state index contributed by atoms with van der Waals surface area (Å²) in [6.07, 6.45) is 6.69. The minimum atomic E-state index is 0.711. The fourth-order valence-electron chi connectivity index (χ4n) is 1.90. The van der Waals surface area contributed by atoms with Crippen LogP contribution in [0, 0.1) is 0 Å². The van der Waals surface area contributed by atoms with Gasteiger partial charge in [-0.3, -0.25) is 0 Å². The van der Waals surface area contributed by atoms with Crippen LogP contribution in [0.5, 0.6) is 0 Å². The fraction of sp³-hybridized carbons (Fsp3) is 1.00. The summed E-state index contributed by atoms with van der Waals surface area (Å²) in [6.45, 7) is 6.84. The molecule has 2 heteroatoms. The van der Waals surface area contributed by atoms with Gasteiger partial charge in [0.15, 0.2) is 0 Å². The van der Waals surface area contributed by atoms with Crippen molar-refractivity contribution in [3.05, 3.63) is 0 Å². The number of hydrogen-bond acceptors (Lipinski definition) is 2. The van der Waals surface area contributed by atoms with Gasteiger partial charge in [-0.2, -0.15) is 0 Å². The lowest BCUT2D eigenvalue weighted by molar-refractivity contribution is 0.322. The zero-order valence-corrected chi connectivity index (χ0v) is 9.10. The average Bonchev–Trinajstić information content (AvgIpc) is 2.19. The van der Waals surface area contributed by atoms with Gasteiger partial charge in [0.25, 0.3) is 0 Å². The molecule has 0 radical (unpaired) electrons. The van der Waals surface area contributed by atoms with Crippen molar-refractivity contribution in [3.63, 3.8) is 0 Å². The van der Waals surface area contributed by atoms with E-state index in [4.69, 9.17) is 0 Å². The normalized spacial score (nSPS) is 29.1. The highest BCUT2D eigenvalue weighted by molar-refractivity contribution is 4.81. The third kappa shape index (κ3) is 4.10. The first kappa shape index (κ1) is 11.0. The monoisotopic (exact) mass is 184 g/mol. The summed E-state index contributed by atoms with van der Waals surface area (Å²) in [7, 11) is 0. The van der Waals surface area contributed by atoms with Crippen LogP contribution >= 0.6 is 0 Å². The molecule has 0 aromatic heterocycles. The molecule has 1 saturated heterocycles. The molecule has 1 rings (SSSR count). The molecule has 0 aliphatic carbocycles. The highest BCUT2D eigenvalue weighted by atomic mass is 15.1. The van der Waals surface area contributed by atoms with Crippen LogP contribution in [0.4, 0.5) is 0 Å². The van der Waals surface area contributed by atoms with E-state index < -0.39 is 0 Å². The zero-order chi connectivity index (χ0) is 9.52. The quantitative estimate of drug-likeness (QED) is 0.638. The van der Waals surface area contributed by atoms with Crippen molar-refractivity contribution in [2.75, 3.05) is 13.1 Å². The number of piperazine rings is 1. The van der Waals surface area contributed by atoms with Gasteiger partial charge in [0, 0.05) is 25.2 Å². The number of nitrogens with one attached hydrogen (secondary N) is 2. The van der Waals surface area contributed by atoms with E-state index in [-0.39, 0.29) is 0 Å². The lowest BCUT2D eigenvalue weighted by Crippen LogP contribution is -2.53. The van der Waals surface area contributed by atoms with Gasteiger partial charge in [-0.1, -0.05) is 33.1 Å². The van der Waals surface area contributed by atoms with Crippen LogP contribution in [-0.4, -0.2) is 25.2 Å². The summed E-state index contributed by atoms with van der Waals surface area (Å²) in [5.41, 5.74) is 0. The Kier molecular flexibility index (Phi) is 5.40. The molecule has 0 aromatic carbocycles. The Bertz CT molecular complexity index is 115. The van der Waals surface area contributed by atoms with Crippen LogP contribution in [0.1, 0.15) is 46.0 Å². The van der Waals surface area contributed by atoms with Gasteiger partial charge in [0.2, 0.25) is 0 Å². The molecular weight excluding hydrogens is 160 g/mol. The van der Waals surface area contributed by atoms with E-state index in [1.807, 2.05) is 0 Å². The Labute approximate surface area is 82.5 Å². The fourth-order valence-corrected chi connectivity index (χ4v) is 1.90. The maximum absolute atomic E-state index is 3.62. The Hall–Kier alpha value is -0.0800. The van der Waals surface area contributed by atoms with Gasteiger partial charge in [0.05, 0.1) is 0 Å². The Morgan fingerprint density at radius 3 is 2.23 bits per heavy atom. The van der Waals surface area contributed by atoms with Gasteiger partial charge in [-0.05, 0) is 12.8 Å². The first-order valence-corrected chi connectivity index (χ1v) is 5.83. The van der Waals surface area contributed by atoms with E-state index in [1.165, 1.54) is 38.6 Å². The van der Waals surface area contributed by atoms with Crippen LogP contribution < -0.4 is 10.6 Å². The SMILES string of the molecule is CCCCCC1CNC(CC)CN1. The summed E-state index contributed by atoms with van der Waals surface area (Å²) < 4.78 is 0. The highest BCUT2D eigenvalue weighted by Crippen LogP contribution is 2.06. The zero-order valence-electron chi connectivity index (χ0n) is 9.10. The summed E-state index contributed by atoms with van der Waals surface area (Å²) in [6, 6.07) is 1.44. The molecular formula is C11H24N2. The van der Waals surface area contributed by atoms with Crippen LogP contribution in [0.15, 0.2) is 0 Å². The molecule has 0 amide bonds. The van der Waals surface area contributed by atoms with Crippen molar-refractivity contribution in [3.8, 4) is 0 Å². The molecule has 13 heavy (non-hydrogen) atoms. The van der Waals surface area contributed by atoms with Crippen LogP contribution in [0.2, 0.25) is 0 Å². The Morgan fingerprint density at radius 1 is 1.00 bits per heavy atom. The van der Waals surface area contributed by atoms with Crippen molar-refractivity contribution >= 4 is 0 Å². The number of unbranched alkanes of at least 4 members (excludes halogenated alkanes) is 2. The van der Waals surface area contributed by atoms with Crippen molar-refractivity contribution in [2.45, 2.75) is 58.0 Å². The molecule has 1 heterocycles. The summed E-state index contributed by atoms with van der Waals surface area (Å²) in [4.78, 5) is 0. The molecule has 2 nitrogen and oxygen atoms in total. The molecule has 78 valence electrons. The molecule has 0 bridgehead atoms. The van der Waals surface area contributed by atoms with E-state index >= 15 is 0 Å². The predicted molar refractivity (Wildman–Crippen MR) is 58.0 cm³/mol. The first-order valence-electron chi connectivity index (χ1n) is 5.83. The van der Waals surface area contributed by atoms with E-state index in [2.05, 4.69) is 24.5 Å². The minimum absolute atomic E-state index is 0.711. The molecule has 0 aromatic rings. The van der Waals surface area contributed by atoms with Gasteiger partial charge in [-0.15, -0.1) is 0 Å². The Morgan fingerprint density at radius 2 is 1.69 bits per heavy atom. The molecule has 1 fully saturated rings. The van der Waals surface area contributed by atoms with Crippen molar-refractivity contribution < 1.29 is 0 Å². The third-order valence-electron chi connectivity index (χ3n) is 2.95. The second-order valence-corrected chi connectivity index (χ2v) is 4.11. The van der Waals surface area contributed by atoms with E-state index in [0.29, 0.717) is 6.04 Å². The maximum atomic E-state index is 3.62. The van der Waals surface area contributed by atoms with E-state index in [1.54, 1.807) is 0 Å². The van der Waals surface area contributed by atoms with Gasteiger partial charge >= 0.3 is 0 Å². The second kappa shape index (κ2) is 6.39. The van der Waals surface area contributed by atoms with Gasteiger partial charge in [-0.25, -0.2) is 0 Å². The highest BCUT2D eigenvalue weighted by Gasteiger charge is 2.17. The van der Waals surface area contributed by atoms with Crippen LogP contribution in [-0.2, 0) is 0 Å². The summed E-state index contributed by atoms with van der Waals surface area (Å²) in [5.74, 6) is 0. The standard InChI is InChI=1S/C11H24N2/c1-3-5-6-7-11-9-12-10(4-2)8-13-11/h10-13H,3-9H2,1-2H3. The smallest absolute Gasteiger partial charge is 0.0193 e. The lowest BCUT2D eigenvalue weighted by Gasteiger charge is -2.30. The predicted octanol–water partition coefficient (Wildman–Crippen LogP) is 1.91. The first-order chi connectivity index (χ1) is 6.36. The van der Waals surface area contributed by atoms with Crippen LogP contribution in [0.25, 0.3) is 0 Å². The molecule has 1 aliphatic rings. The molecule has 2 unspecified atom stereocenters. The van der Waals surface area contributed by atoms with Gasteiger partial charge in [0.1, 0.15) is 0 Å². The van der Waals surface area contributed by atoms with Crippen molar-refractivity contribution in [1.29, 1.82) is 0 Å². The van der Waals surface area contributed by atoms with E-state index in [9.17, 15) is 0 Å². The third-order valence-corrected chi connectivity index (χ3v) is 2.95. The molecule has 2 atom stereocenters. The summed E-state index contributed by atoms with van der Waals surface area (Å²) in [5, 5.41) is 7.20. The average molecular weight is 184 g/mol. The largest absolute Gasteiger partial charge is 0.311 e. The topological polar surface area (TPSA) is 24.1 Å². The van der Waals surface area contributed by atoms with Gasteiger partial charge < -0.3 is 10.6 Å². The molecule has 1 aliphatic heterocycles. The minimum Gasteiger partial charge on any atom is -0.311 e. The summed E-state index contributed by atoms with van der Waals surface area (Å²) >= 11 is 0. The van der Waals surface area contributed by atoms with Crippen molar-refractivity contribution in [2.24, 2.45) is 0 Å². The Balaban J connectivity index is 2.03. The second-order valence-electron chi connectivity index (χ2n) is 4.11. The molecule has 0 spiro atoms. The molecule has 0 saturated carbocycles. The maximum Gasteiger partial charge on any atom is 0.0193 e. The van der Waals surface area contributed by atoms with Crippen LogP contribution in [0.3, 0.4) is 0 Å². The lowest BCUT2D eigenvalue weighted by atomic mass is 10.0. The van der Waals surface area contributed by atoms with E-state index in [0.717, 1.165) is 12.6 Å². The van der Waals surface area contributed by atoms with Crippen molar-refractivity contribution in [1.82, 2.24) is 10.6 Å². The number of hydrogen-bond donors (Lipinski definition) is 2. The molecule has 2 N–H and O–H groups in total.